The molecule has 1 fully saturated rings. The van der Waals surface area contributed by atoms with Gasteiger partial charge >= 0.3 is 0 Å². The predicted molar refractivity (Wildman–Crippen MR) is 118 cm³/mol. The van der Waals surface area contributed by atoms with E-state index >= 15 is 0 Å². The lowest BCUT2D eigenvalue weighted by molar-refractivity contribution is -0.127. The third-order valence-corrected chi connectivity index (χ3v) is 5.83. The fraction of sp³-hybridized carbons (Fsp3) is 0.375. The molecule has 0 spiro atoms. The molecule has 6 nitrogen and oxygen atoms in total. The number of aromatic nitrogens is 2. The topological polar surface area (TPSA) is 78.1 Å². The van der Waals surface area contributed by atoms with Crippen LogP contribution in [-0.2, 0) is 16.0 Å². The number of H-pyrrole nitrogens is 1. The normalized spacial score (nSPS) is 17.7. The molecule has 0 unspecified atom stereocenters. The zero-order valence-electron chi connectivity index (χ0n) is 17.7. The highest BCUT2D eigenvalue weighted by Crippen LogP contribution is 2.30. The highest BCUT2D eigenvalue weighted by Gasteiger charge is 2.37. The van der Waals surface area contributed by atoms with Crippen molar-refractivity contribution in [2.45, 2.75) is 39.7 Å². The summed E-state index contributed by atoms with van der Waals surface area (Å²) >= 11 is 0. The molecule has 0 radical (unpaired) electrons. The second-order valence-corrected chi connectivity index (χ2v) is 8.26. The van der Waals surface area contributed by atoms with Crippen molar-refractivity contribution >= 4 is 28.5 Å². The quantitative estimate of drug-likeness (QED) is 0.652. The lowest BCUT2D eigenvalue weighted by Gasteiger charge is -2.23. The van der Waals surface area contributed by atoms with Gasteiger partial charge in [-0.25, -0.2) is 4.98 Å². The van der Waals surface area contributed by atoms with E-state index in [0.717, 1.165) is 34.5 Å². The first-order valence-electron chi connectivity index (χ1n) is 10.6. The SMILES string of the molecule is CCc1ccccc1N1C[C@H](C(=O)N[C@@H](c2nc3ccccc3[nH]2)C(C)C)CC1=O. The van der Waals surface area contributed by atoms with Crippen LogP contribution in [0, 0.1) is 11.8 Å². The summed E-state index contributed by atoms with van der Waals surface area (Å²) in [5.74, 6) is 0.438. The van der Waals surface area contributed by atoms with Gasteiger partial charge < -0.3 is 15.2 Å². The number of benzene rings is 2. The van der Waals surface area contributed by atoms with Crippen molar-refractivity contribution < 1.29 is 9.59 Å². The summed E-state index contributed by atoms with van der Waals surface area (Å²) in [5, 5.41) is 3.15. The largest absolute Gasteiger partial charge is 0.346 e. The molecule has 2 aromatic carbocycles. The zero-order valence-corrected chi connectivity index (χ0v) is 17.7. The molecule has 1 saturated heterocycles. The average molecular weight is 405 g/mol. The molecule has 156 valence electrons. The summed E-state index contributed by atoms with van der Waals surface area (Å²) < 4.78 is 0. The molecule has 2 amide bonds. The third-order valence-electron chi connectivity index (χ3n) is 5.83. The summed E-state index contributed by atoms with van der Waals surface area (Å²) in [5.41, 5.74) is 3.86. The first-order valence-corrected chi connectivity index (χ1v) is 10.6. The van der Waals surface area contributed by atoms with Crippen molar-refractivity contribution in [1.29, 1.82) is 0 Å². The average Bonchev–Trinajstić information content (AvgIpc) is 3.35. The van der Waals surface area contributed by atoms with Crippen LogP contribution in [0.25, 0.3) is 11.0 Å². The third kappa shape index (κ3) is 3.82. The van der Waals surface area contributed by atoms with E-state index in [4.69, 9.17) is 0 Å². The number of rotatable bonds is 6. The molecule has 0 bridgehead atoms. The zero-order chi connectivity index (χ0) is 21.3. The Morgan fingerprint density at radius 3 is 2.67 bits per heavy atom. The first-order chi connectivity index (χ1) is 14.5. The van der Waals surface area contributed by atoms with Gasteiger partial charge in [-0.3, -0.25) is 9.59 Å². The monoisotopic (exact) mass is 404 g/mol. The van der Waals surface area contributed by atoms with E-state index in [0.29, 0.717) is 6.54 Å². The second kappa shape index (κ2) is 8.30. The van der Waals surface area contributed by atoms with Gasteiger partial charge in [0.25, 0.3) is 0 Å². The van der Waals surface area contributed by atoms with Crippen LogP contribution in [0.15, 0.2) is 48.5 Å². The van der Waals surface area contributed by atoms with E-state index in [-0.39, 0.29) is 36.1 Å². The van der Waals surface area contributed by atoms with Gasteiger partial charge in [-0.15, -0.1) is 0 Å². The molecule has 3 aromatic rings. The molecular weight excluding hydrogens is 376 g/mol. The first kappa shape index (κ1) is 20.1. The molecular formula is C24H28N4O2. The van der Waals surface area contributed by atoms with Crippen molar-refractivity contribution in [1.82, 2.24) is 15.3 Å². The van der Waals surface area contributed by atoms with E-state index in [1.165, 1.54) is 0 Å². The lowest BCUT2D eigenvalue weighted by atomic mass is 10.0. The van der Waals surface area contributed by atoms with Gasteiger partial charge in [0.05, 0.1) is 23.0 Å². The van der Waals surface area contributed by atoms with Crippen molar-refractivity contribution in [3.05, 3.63) is 59.9 Å². The number of hydrogen-bond donors (Lipinski definition) is 2. The molecule has 2 atom stereocenters. The fourth-order valence-corrected chi connectivity index (χ4v) is 4.13. The van der Waals surface area contributed by atoms with Crippen molar-refractivity contribution in [3.8, 4) is 0 Å². The minimum Gasteiger partial charge on any atom is -0.346 e. The van der Waals surface area contributed by atoms with E-state index < -0.39 is 0 Å². The van der Waals surface area contributed by atoms with Crippen LogP contribution in [0.1, 0.15) is 44.6 Å². The van der Waals surface area contributed by atoms with Gasteiger partial charge in [0.1, 0.15) is 5.82 Å². The van der Waals surface area contributed by atoms with Crippen LogP contribution in [0.5, 0.6) is 0 Å². The Morgan fingerprint density at radius 1 is 1.20 bits per heavy atom. The number of amides is 2. The van der Waals surface area contributed by atoms with Gasteiger partial charge in [-0.1, -0.05) is 51.1 Å². The smallest absolute Gasteiger partial charge is 0.227 e. The number of aromatic amines is 1. The highest BCUT2D eigenvalue weighted by molar-refractivity contribution is 6.00. The Balaban J connectivity index is 1.51. The molecule has 0 aliphatic carbocycles. The number of carbonyl (C=O) groups excluding carboxylic acids is 2. The minimum atomic E-state index is -0.368. The Bertz CT molecular complexity index is 1040. The van der Waals surface area contributed by atoms with Crippen LogP contribution in [-0.4, -0.2) is 28.3 Å². The van der Waals surface area contributed by atoms with Gasteiger partial charge in [0, 0.05) is 18.7 Å². The molecule has 2 N–H and O–H groups in total. The Kier molecular flexibility index (Phi) is 5.57. The number of hydrogen-bond acceptors (Lipinski definition) is 3. The number of carbonyl (C=O) groups is 2. The van der Waals surface area contributed by atoms with Crippen LogP contribution < -0.4 is 10.2 Å². The molecule has 2 heterocycles. The number of aryl methyl sites for hydroxylation is 1. The van der Waals surface area contributed by atoms with Crippen LogP contribution in [0.3, 0.4) is 0 Å². The summed E-state index contributed by atoms with van der Waals surface area (Å²) in [7, 11) is 0. The second-order valence-electron chi connectivity index (χ2n) is 8.26. The van der Waals surface area contributed by atoms with E-state index in [9.17, 15) is 9.59 Å². The fourth-order valence-electron chi connectivity index (χ4n) is 4.13. The van der Waals surface area contributed by atoms with Gasteiger partial charge in [-0.05, 0) is 36.1 Å². The molecule has 30 heavy (non-hydrogen) atoms. The van der Waals surface area contributed by atoms with Gasteiger partial charge in [-0.2, -0.15) is 0 Å². The number of nitrogens with zero attached hydrogens (tertiary/aromatic N) is 2. The Labute approximate surface area is 176 Å². The maximum atomic E-state index is 13.1. The van der Waals surface area contributed by atoms with E-state index in [1.54, 1.807) is 4.90 Å². The highest BCUT2D eigenvalue weighted by atomic mass is 16.2. The van der Waals surface area contributed by atoms with E-state index in [1.807, 2.05) is 48.5 Å². The number of imidazole rings is 1. The molecule has 6 heteroatoms. The molecule has 1 aliphatic heterocycles. The predicted octanol–water partition coefficient (Wildman–Crippen LogP) is 3.99. The maximum Gasteiger partial charge on any atom is 0.227 e. The summed E-state index contributed by atoms with van der Waals surface area (Å²) in [6.07, 6.45) is 1.08. The van der Waals surface area contributed by atoms with Crippen LogP contribution >= 0.6 is 0 Å². The number of nitrogens with one attached hydrogen (secondary N) is 2. The lowest BCUT2D eigenvalue weighted by Crippen LogP contribution is -2.38. The van der Waals surface area contributed by atoms with Crippen molar-refractivity contribution in [2.75, 3.05) is 11.4 Å². The minimum absolute atomic E-state index is 0.000819. The van der Waals surface area contributed by atoms with Crippen molar-refractivity contribution in [2.24, 2.45) is 11.8 Å². The molecule has 4 rings (SSSR count). The molecule has 0 saturated carbocycles. The Hall–Kier alpha value is -3.15. The number of para-hydroxylation sites is 3. The van der Waals surface area contributed by atoms with E-state index in [2.05, 4.69) is 36.1 Å². The molecule has 1 aliphatic rings. The van der Waals surface area contributed by atoms with Crippen LogP contribution in [0.4, 0.5) is 5.69 Å². The van der Waals surface area contributed by atoms with Crippen LogP contribution in [0.2, 0.25) is 0 Å². The summed E-state index contributed by atoms with van der Waals surface area (Å²) in [6.45, 7) is 6.60. The van der Waals surface area contributed by atoms with Crippen molar-refractivity contribution in [3.63, 3.8) is 0 Å². The Morgan fingerprint density at radius 2 is 1.93 bits per heavy atom. The maximum absolute atomic E-state index is 13.1. The standard InChI is InChI=1S/C24H28N4O2/c1-4-16-9-5-8-12-20(16)28-14-17(13-21(28)29)24(30)27-22(15(2)3)23-25-18-10-6-7-11-19(18)26-23/h5-12,15,17,22H,4,13-14H2,1-3H3,(H,25,26)(H,27,30)/t17-,22-/m1/s1. The molecule has 1 aromatic heterocycles. The van der Waals surface area contributed by atoms with Gasteiger partial charge in [0.15, 0.2) is 0 Å². The summed E-state index contributed by atoms with van der Waals surface area (Å²) in [6, 6.07) is 15.5. The van der Waals surface area contributed by atoms with Gasteiger partial charge in [0.2, 0.25) is 11.8 Å². The summed E-state index contributed by atoms with van der Waals surface area (Å²) in [4.78, 5) is 35.5. The number of fused-ring (bicyclic) bond motifs is 1. The number of anilines is 1.